The normalized spacial score (nSPS) is 13.0. The van der Waals surface area contributed by atoms with Crippen molar-refractivity contribution in [1.29, 1.82) is 0 Å². The number of quaternary nitrogens is 1. The number of anilines is 1. The Bertz CT molecular complexity index is 624. The SMILES string of the molecule is C[NH+](C)CC(=O)Nc1sc2c(c1C(=O)NCCC(=O)[O-])CCC2. The third-order valence-corrected chi connectivity index (χ3v) is 4.74. The lowest BCUT2D eigenvalue weighted by molar-refractivity contribution is -0.849. The van der Waals surface area contributed by atoms with Crippen LogP contribution in [0.2, 0.25) is 0 Å². The highest BCUT2D eigenvalue weighted by molar-refractivity contribution is 7.17. The fourth-order valence-corrected chi connectivity index (χ4v) is 3.89. The molecule has 1 aliphatic rings. The molecule has 0 bridgehead atoms. The molecular formula is C15H21N3O4S. The third-order valence-electron chi connectivity index (χ3n) is 3.53. The van der Waals surface area contributed by atoms with Gasteiger partial charge in [-0.15, -0.1) is 11.3 Å². The van der Waals surface area contributed by atoms with E-state index in [4.69, 9.17) is 0 Å². The van der Waals surface area contributed by atoms with E-state index >= 15 is 0 Å². The number of hydrogen-bond donors (Lipinski definition) is 3. The summed E-state index contributed by atoms with van der Waals surface area (Å²) in [5, 5.41) is 16.4. The quantitative estimate of drug-likeness (QED) is 0.545. The molecule has 23 heavy (non-hydrogen) atoms. The monoisotopic (exact) mass is 339 g/mol. The summed E-state index contributed by atoms with van der Waals surface area (Å²) in [6.07, 6.45) is 2.48. The van der Waals surface area contributed by atoms with Crippen LogP contribution >= 0.6 is 11.3 Å². The first-order chi connectivity index (χ1) is 10.9. The average molecular weight is 339 g/mol. The van der Waals surface area contributed by atoms with Crippen LogP contribution in [0.4, 0.5) is 5.00 Å². The van der Waals surface area contributed by atoms with Crippen LogP contribution < -0.4 is 20.6 Å². The molecule has 0 saturated heterocycles. The number of fused-ring (bicyclic) bond motifs is 1. The van der Waals surface area contributed by atoms with E-state index in [1.165, 1.54) is 11.3 Å². The number of carboxylic acids is 1. The molecule has 0 spiro atoms. The predicted octanol–water partition coefficient (Wildman–Crippen LogP) is -1.81. The van der Waals surface area contributed by atoms with Gasteiger partial charge in [-0.25, -0.2) is 0 Å². The van der Waals surface area contributed by atoms with Gasteiger partial charge in [0.1, 0.15) is 5.00 Å². The molecule has 1 aromatic rings. The molecule has 1 aliphatic carbocycles. The largest absolute Gasteiger partial charge is 0.550 e. The van der Waals surface area contributed by atoms with Crippen molar-refractivity contribution in [2.75, 3.05) is 32.5 Å². The van der Waals surface area contributed by atoms with Crippen molar-refractivity contribution in [3.63, 3.8) is 0 Å². The van der Waals surface area contributed by atoms with Crippen LogP contribution in [0, 0.1) is 0 Å². The second-order valence-electron chi connectivity index (χ2n) is 5.87. The van der Waals surface area contributed by atoms with Crippen LogP contribution in [-0.2, 0) is 22.4 Å². The number of amides is 2. The molecule has 0 aliphatic heterocycles. The Balaban J connectivity index is 2.14. The zero-order valence-electron chi connectivity index (χ0n) is 13.3. The van der Waals surface area contributed by atoms with Crippen molar-refractivity contribution in [3.05, 3.63) is 16.0 Å². The molecule has 8 heteroatoms. The molecule has 0 saturated carbocycles. The van der Waals surface area contributed by atoms with Gasteiger partial charge in [0, 0.05) is 23.8 Å². The number of carboxylic acid groups (broad SMARTS) is 1. The standard InChI is InChI=1S/C15H21N3O4S/c1-18(2)8-11(19)17-15-13(9-4-3-5-10(9)23-15)14(22)16-7-6-12(20)21/h3-8H2,1-2H3,(H,16,22)(H,17,19)(H,20,21). The molecular weight excluding hydrogens is 318 g/mol. The van der Waals surface area contributed by atoms with E-state index in [0.29, 0.717) is 17.1 Å². The Kier molecular flexibility index (Phi) is 5.73. The number of hydrogen-bond acceptors (Lipinski definition) is 5. The maximum absolute atomic E-state index is 12.4. The first-order valence-electron chi connectivity index (χ1n) is 7.60. The van der Waals surface area contributed by atoms with Crippen molar-refractivity contribution in [1.82, 2.24) is 5.32 Å². The number of likely N-dealkylation sites (N-methyl/N-ethyl adjacent to an activating group) is 1. The number of carbonyl (C=O) groups is 3. The van der Waals surface area contributed by atoms with Gasteiger partial charge in [0.05, 0.1) is 19.7 Å². The third kappa shape index (κ3) is 4.52. The fraction of sp³-hybridized carbons (Fsp3) is 0.533. The van der Waals surface area contributed by atoms with Crippen LogP contribution in [0.15, 0.2) is 0 Å². The number of carbonyl (C=O) groups excluding carboxylic acids is 3. The molecule has 3 N–H and O–H groups in total. The first kappa shape index (κ1) is 17.4. The second-order valence-corrected chi connectivity index (χ2v) is 6.98. The molecule has 0 aromatic carbocycles. The average Bonchev–Trinajstić information content (AvgIpc) is 2.96. The molecule has 0 atom stereocenters. The zero-order chi connectivity index (χ0) is 17.0. The number of aliphatic carboxylic acids is 1. The van der Waals surface area contributed by atoms with E-state index in [1.807, 2.05) is 14.1 Å². The summed E-state index contributed by atoms with van der Waals surface area (Å²) >= 11 is 1.44. The minimum absolute atomic E-state index is 0.0149. The molecule has 7 nitrogen and oxygen atoms in total. The van der Waals surface area contributed by atoms with E-state index in [9.17, 15) is 19.5 Å². The summed E-state index contributed by atoms with van der Waals surface area (Å²) in [7, 11) is 3.75. The highest BCUT2D eigenvalue weighted by Gasteiger charge is 2.27. The van der Waals surface area contributed by atoms with E-state index in [-0.39, 0.29) is 24.8 Å². The number of rotatable bonds is 7. The summed E-state index contributed by atoms with van der Waals surface area (Å²) in [6, 6.07) is 0. The highest BCUT2D eigenvalue weighted by Crippen LogP contribution is 2.38. The Morgan fingerprint density at radius 3 is 2.65 bits per heavy atom. The van der Waals surface area contributed by atoms with Crippen LogP contribution in [-0.4, -0.2) is 45.0 Å². The predicted molar refractivity (Wildman–Crippen MR) is 84.6 cm³/mol. The van der Waals surface area contributed by atoms with Crippen molar-refractivity contribution in [2.24, 2.45) is 0 Å². The number of nitrogens with one attached hydrogen (secondary N) is 3. The second kappa shape index (κ2) is 7.56. The van der Waals surface area contributed by atoms with Crippen molar-refractivity contribution < 1.29 is 24.4 Å². The van der Waals surface area contributed by atoms with Crippen LogP contribution in [0.5, 0.6) is 0 Å². The van der Waals surface area contributed by atoms with Gasteiger partial charge in [0.2, 0.25) is 0 Å². The highest BCUT2D eigenvalue weighted by atomic mass is 32.1. The van der Waals surface area contributed by atoms with Crippen molar-refractivity contribution >= 4 is 34.1 Å². The first-order valence-corrected chi connectivity index (χ1v) is 8.41. The van der Waals surface area contributed by atoms with Crippen LogP contribution in [0.3, 0.4) is 0 Å². The van der Waals surface area contributed by atoms with Crippen LogP contribution in [0.25, 0.3) is 0 Å². The maximum Gasteiger partial charge on any atom is 0.280 e. The molecule has 126 valence electrons. The lowest BCUT2D eigenvalue weighted by Crippen LogP contribution is -3.06. The van der Waals surface area contributed by atoms with Gasteiger partial charge in [-0.05, 0) is 24.8 Å². The molecule has 1 aromatic heterocycles. The Morgan fingerprint density at radius 1 is 1.26 bits per heavy atom. The molecule has 2 rings (SSSR count). The van der Waals surface area contributed by atoms with Gasteiger partial charge in [-0.2, -0.15) is 0 Å². The van der Waals surface area contributed by atoms with E-state index in [2.05, 4.69) is 10.6 Å². The topological polar surface area (TPSA) is 103 Å². The molecule has 1 heterocycles. The molecule has 0 fully saturated rings. The Morgan fingerprint density at radius 2 is 2.00 bits per heavy atom. The van der Waals surface area contributed by atoms with Gasteiger partial charge >= 0.3 is 0 Å². The minimum Gasteiger partial charge on any atom is -0.550 e. The summed E-state index contributed by atoms with van der Waals surface area (Å²) in [6.45, 7) is 0.329. The lowest BCUT2D eigenvalue weighted by Gasteiger charge is -2.11. The van der Waals surface area contributed by atoms with Crippen LogP contribution in [0.1, 0.15) is 33.6 Å². The van der Waals surface area contributed by atoms with Gasteiger partial charge in [0.15, 0.2) is 6.54 Å². The maximum atomic E-state index is 12.4. The van der Waals surface area contributed by atoms with E-state index in [0.717, 1.165) is 34.6 Å². The van der Waals surface area contributed by atoms with Crippen molar-refractivity contribution in [2.45, 2.75) is 25.7 Å². The Hall–Kier alpha value is -1.93. The lowest BCUT2D eigenvalue weighted by atomic mass is 10.1. The molecule has 0 unspecified atom stereocenters. The Labute approximate surface area is 138 Å². The number of thiophene rings is 1. The van der Waals surface area contributed by atoms with Gasteiger partial charge in [0.25, 0.3) is 11.8 Å². The van der Waals surface area contributed by atoms with E-state index in [1.54, 1.807) is 0 Å². The van der Waals surface area contributed by atoms with Gasteiger partial charge in [-0.3, -0.25) is 9.59 Å². The fourth-order valence-electron chi connectivity index (χ4n) is 2.59. The number of aryl methyl sites for hydroxylation is 1. The molecule has 0 radical (unpaired) electrons. The minimum atomic E-state index is -1.21. The summed E-state index contributed by atoms with van der Waals surface area (Å²) < 4.78 is 0. The van der Waals surface area contributed by atoms with Crippen molar-refractivity contribution in [3.8, 4) is 0 Å². The van der Waals surface area contributed by atoms with E-state index < -0.39 is 5.97 Å². The smallest absolute Gasteiger partial charge is 0.280 e. The summed E-state index contributed by atoms with van der Waals surface area (Å²) in [5.74, 6) is -1.69. The van der Waals surface area contributed by atoms with Gasteiger partial charge in [-0.1, -0.05) is 0 Å². The van der Waals surface area contributed by atoms with Gasteiger partial charge < -0.3 is 25.4 Å². The summed E-state index contributed by atoms with van der Waals surface area (Å²) in [5.41, 5.74) is 1.47. The molecule has 2 amide bonds. The zero-order valence-corrected chi connectivity index (χ0v) is 14.1. The summed E-state index contributed by atoms with van der Waals surface area (Å²) in [4.78, 5) is 37.0.